The summed E-state index contributed by atoms with van der Waals surface area (Å²) in [4.78, 5) is 44.0. The van der Waals surface area contributed by atoms with Crippen LogP contribution in [0, 0.1) is 22.7 Å². The Morgan fingerprint density at radius 2 is 2.17 bits per heavy atom. The number of carbonyl (C=O) groups is 3. The molecule has 2 aromatic rings. The maximum atomic E-state index is 13.8. The van der Waals surface area contributed by atoms with Crippen LogP contribution in [0.5, 0.6) is 5.75 Å². The quantitative estimate of drug-likeness (QED) is 0.561. The van der Waals surface area contributed by atoms with E-state index in [-0.39, 0.29) is 35.5 Å². The molecule has 3 amide bonds. The molecule has 0 aliphatic carbocycles. The molecule has 3 saturated heterocycles. The maximum absolute atomic E-state index is 13.8. The number of nitrogens with zero attached hydrogens (tertiary/aromatic N) is 2. The number of hydrogen-bond donors (Lipinski definition) is 3. The summed E-state index contributed by atoms with van der Waals surface area (Å²) in [6.45, 7) is 2.22. The molecular formula is C26H31N5O5. The largest absolute Gasteiger partial charge is 0.496 e. The number of H-pyrrole nitrogens is 1. The van der Waals surface area contributed by atoms with E-state index in [4.69, 9.17) is 9.47 Å². The zero-order chi connectivity index (χ0) is 25.3. The van der Waals surface area contributed by atoms with Gasteiger partial charge in [-0.2, -0.15) is 5.26 Å². The minimum absolute atomic E-state index is 0.0856. The Hall–Kier alpha value is -3.58. The normalized spacial score (nSPS) is 23.9. The second-order valence-corrected chi connectivity index (χ2v) is 10.1. The number of benzene rings is 1. The molecule has 190 valence electrons. The van der Waals surface area contributed by atoms with E-state index in [0.29, 0.717) is 50.6 Å². The maximum Gasteiger partial charge on any atom is 0.271 e. The van der Waals surface area contributed by atoms with E-state index in [0.717, 1.165) is 23.7 Å². The highest BCUT2D eigenvalue weighted by atomic mass is 16.5. The number of nitrogens with one attached hydrogen (secondary N) is 3. The summed E-state index contributed by atoms with van der Waals surface area (Å²) in [5.41, 5.74) is 0.960. The smallest absolute Gasteiger partial charge is 0.271 e. The molecule has 1 aromatic heterocycles. The number of fused-ring (bicyclic) bond motifs is 1. The van der Waals surface area contributed by atoms with Gasteiger partial charge in [-0.1, -0.05) is 6.07 Å². The van der Waals surface area contributed by atoms with Crippen LogP contribution >= 0.6 is 0 Å². The molecule has 1 spiro atoms. The lowest BCUT2D eigenvalue weighted by molar-refractivity contribution is -0.126. The van der Waals surface area contributed by atoms with Crippen molar-refractivity contribution in [3.05, 3.63) is 30.0 Å². The van der Waals surface area contributed by atoms with E-state index < -0.39 is 12.1 Å². The van der Waals surface area contributed by atoms with Crippen molar-refractivity contribution in [3.8, 4) is 11.8 Å². The predicted octanol–water partition coefficient (Wildman–Crippen LogP) is 1.72. The lowest BCUT2D eigenvalue weighted by atomic mass is 9.78. The lowest BCUT2D eigenvalue weighted by Crippen LogP contribution is -2.49. The van der Waals surface area contributed by atoms with Crippen LogP contribution in [0.25, 0.3) is 10.9 Å². The van der Waals surface area contributed by atoms with Gasteiger partial charge >= 0.3 is 0 Å². The molecule has 5 rings (SSSR count). The SMILES string of the molecule is COc1cccc2[nH]c(C(=O)N3CC4(CCOCC4)CC3C(=O)N[C@H](C#N)C[C@@H]3CCNC3=O)cc12. The summed E-state index contributed by atoms with van der Waals surface area (Å²) in [6, 6.07) is 7.93. The molecule has 1 unspecified atom stereocenters. The van der Waals surface area contributed by atoms with Crippen molar-refractivity contribution in [3.63, 3.8) is 0 Å². The Balaban J connectivity index is 1.39. The van der Waals surface area contributed by atoms with Gasteiger partial charge in [0.25, 0.3) is 5.91 Å². The van der Waals surface area contributed by atoms with Crippen LogP contribution in [-0.4, -0.2) is 73.1 Å². The summed E-state index contributed by atoms with van der Waals surface area (Å²) >= 11 is 0. The van der Waals surface area contributed by atoms with Crippen LogP contribution in [0.2, 0.25) is 0 Å². The summed E-state index contributed by atoms with van der Waals surface area (Å²) < 4.78 is 11.0. The van der Waals surface area contributed by atoms with Crippen molar-refractivity contribution in [2.75, 3.05) is 33.4 Å². The molecule has 3 N–H and O–H groups in total. The van der Waals surface area contributed by atoms with E-state index in [2.05, 4.69) is 21.7 Å². The second kappa shape index (κ2) is 9.82. The van der Waals surface area contributed by atoms with Gasteiger partial charge in [0.05, 0.1) is 13.2 Å². The van der Waals surface area contributed by atoms with Crippen LogP contribution in [0.15, 0.2) is 24.3 Å². The first-order valence-corrected chi connectivity index (χ1v) is 12.5. The van der Waals surface area contributed by atoms with Gasteiger partial charge in [0.15, 0.2) is 0 Å². The molecule has 10 heteroatoms. The third-order valence-corrected chi connectivity index (χ3v) is 7.86. The van der Waals surface area contributed by atoms with Gasteiger partial charge in [-0.25, -0.2) is 0 Å². The average molecular weight is 494 g/mol. The number of aromatic nitrogens is 1. The van der Waals surface area contributed by atoms with Crippen LogP contribution in [0.1, 0.15) is 42.6 Å². The second-order valence-electron chi connectivity index (χ2n) is 10.1. The summed E-state index contributed by atoms with van der Waals surface area (Å²) in [6.07, 6.45) is 2.96. The van der Waals surface area contributed by atoms with E-state index in [1.54, 1.807) is 18.1 Å². The van der Waals surface area contributed by atoms with Gasteiger partial charge in [-0.3, -0.25) is 14.4 Å². The fourth-order valence-corrected chi connectivity index (χ4v) is 5.81. The fourth-order valence-electron chi connectivity index (χ4n) is 5.81. The highest BCUT2D eigenvalue weighted by molar-refractivity contribution is 6.02. The summed E-state index contributed by atoms with van der Waals surface area (Å²) in [7, 11) is 1.58. The molecule has 3 aliphatic rings. The van der Waals surface area contributed by atoms with E-state index >= 15 is 0 Å². The highest BCUT2D eigenvalue weighted by Gasteiger charge is 2.49. The minimum Gasteiger partial charge on any atom is -0.496 e. The summed E-state index contributed by atoms with van der Waals surface area (Å²) in [5, 5.41) is 16.1. The Labute approximate surface area is 209 Å². The van der Waals surface area contributed by atoms with E-state index in [1.165, 1.54) is 0 Å². The molecule has 0 saturated carbocycles. The molecule has 36 heavy (non-hydrogen) atoms. The van der Waals surface area contributed by atoms with Gasteiger partial charge in [-0.05, 0) is 55.7 Å². The minimum atomic E-state index is -0.799. The number of methoxy groups -OCH3 is 1. The van der Waals surface area contributed by atoms with Crippen molar-refractivity contribution in [2.24, 2.45) is 11.3 Å². The van der Waals surface area contributed by atoms with Crippen LogP contribution < -0.4 is 15.4 Å². The van der Waals surface area contributed by atoms with Gasteiger partial charge in [0.2, 0.25) is 11.8 Å². The number of ether oxygens (including phenoxy) is 2. The Kier molecular flexibility index (Phi) is 6.58. The third kappa shape index (κ3) is 4.51. The molecular weight excluding hydrogens is 462 g/mol. The monoisotopic (exact) mass is 493 g/mol. The lowest BCUT2D eigenvalue weighted by Gasteiger charge is -2.32. The van der Waals surface area contributed by atoms with Gasteiger partial charge in [0.1, 0.15) is 23.5 Å². The van der Waals surface area contributed by atoms with Crippen LogP contribution in [-0.2, 0) is 14.3 Å². The summed E-state index contributed by atoms with van der Waals surface area (Å²) in [5.74, 6) is -0.338. The Morgan fingerprint density at radius 1 is 1.36 bits per heavy atom. The molecule has 3 fully saturated rings. The zero-order valence-electron chi connectivity index (χ0n) is 20.3. The van der Waals surface area contributed by atoms with Crippen LogP contribution in [0.4, 0.5) is 0 Å². The number of amides is 3. The number of hydrogen-bond acceptors (Lipinski definition) is 6. The van der Waals surface area contributed by atoms with Crippen molar-refractivity contribution >= 4 is 28.6 Å². The highest BCUT2D eigenvalue weighted by Crippen LogP contribution is 2.43. The first kappa shape index (κ1) is 24.1. The first-order valence-electron chi connectivity index (χ1n) is 12.5. The Morgan fingerprint density at radius 3 is 2.86 bits per heavy atom. The van der Waals surface area contributed by atoms with Gasteiger partial charge < -0.3 is 30.0 Å². The number of rotatable bonds is 6. The molecule has 3 atom stereocenters. The third-order valence-electron chi connectivity index (χ3n) is 7.86. The standard InChI is InChI=1S/C26H31N5O5/c1-35-22-4-2-3-19-18(22)12-20(30-19)25(34)31-15-26(6-9-36-10-7-26)13-21(31)24(33)29-17(14-27)11-16-5-8-28-23(16)32/h2-4,12,16-17,21,30H,5-11,13,15H2,1H3,(H,28,32)(H,29,33)/t16-,17-,21?/m0/s1. The van der Waals surface area contributed by atoms with E-state index in [1.807, 2.05) is 18.2 Å². The topological polar surface area (TPSA) is 137 Å². The van der Waals surface area contributed by atoms with Crippen molar-refractivity contribution in [1.29, 1.82) is 5.26 Å². The molecule has 4 heterocycles. The zero-order valence-corrected chi connectivity index (χ0v) is 20.3. The van der Waals surface area contributed by atoms with Gasteiger partial charge in [-0.15, -0.1) is 0 Å². The van der Waals surface area contributed by atoms with Crippen molar-refractivity contribution < 1.29 is 23.9 Å². The number of carbonyl (C=O) groups excluding carboxylic acids is 3. The predicted molar refractivity (Wildman–Crippen MR) is 130 cm³/mol. The number of aromatic amines is 1. The van der Waals surface area contributed by atoms with Crippen LogP contribution in [0.3, 0.4) is 0 Å². The van der Waals surface area contributed by atoms with Gasteiger partial charge in [0, 0.05) is 43.1 Å². The molecule has 3 aliphatic heterocycles. The number of nitriles is 1. The van der Waals surface area contributed by atoms with Crippen molar-refractivity contribution in [1.82, 2.24) is 20.5 Å². The van der Waals surface area contributed by atoms with Crippen molar-refractivity contribution in [2.45, 2.75) is 44.2 Å². The molecule has 1 aromatic carbocycles. The Bertz CT molecular complexity index is 1210. The molecule has 0 radical (unpaired) electrons. The number of likely N-dealkylation sites (tertiary alicyclic amines) is 1. The molecule has 0 bridgehead atoms. The van der Waals surface area contributed by atoms with E-state index in [9.17, 15) is 19.6 Å². The first-order chi connectivity index (χ1) is 17.4. The molecule has 10 nitrogen and oxygen atoms in total. The average Bonchev–Trinajstić information content (AvgIpc) is 3.60. The fraction of sp³-hybridized carbons (Fsp3) is 0.538.